The van der Waals surface area contributed by atoms with Crippen molar-refractivity contribution in [2.75, 3.05) is 5.33 Å². The zero-order valence-corrected chi connectivity index (χ0v) is 10.6. The largest absolute Gasteiger partial charge is 0.352 e. The number of halogens is 1. The molecule has 1 saturated carbocycles. The van der Waals surface area contributed by atoms with E-state index in [1.54, 1.807) is 0 Å². The van der Waals surface area contributed by atoms with Crippen LogP contribution in [-0.2, 0) is 4.79 Å². The van der Waals surface area contributed by atoms with Crippen LogP contribution < -0.4 is 5.32 Å². The van der Waals surface area contributed by atoms with Crippen molar-refractivity contribution < 1.29 is 4.79 Å². The Morgan fingerprint density at radius 3 is 2.50 bits per heavy atom. The lowest BCUT2D eigenvalue weighted by Gasteiger charge is -2.27. The van der Waals surface area contributed by atoms with Crippen molar-refractivity contribution in [1.29, 1.82) is 0 Å². The van der Waals surface area contributed by atoms with Crippen molar-refractivity contribution in [1.82, 2.24) is 5.32 Å². The Hall–Kier alpha value is -0.0500. The molecule has 0 radical (unpaired) electrons. The predicted molar refractivity (Wildman–Crippen MR) is 62.5 cm³/mol. The van der Waals surface area contributed by atoms with E-state index in [4.69, 9.17) is 0 Å². The molecule has 2 nitrogen and oxygen atoms in total. The van der Waals surface area contributed by atoms with Crippen LogP contribution in [0.2, 0.25) is 0 Å². The highest BCUT2D eigenvalue weighted by atomic mass is 79.9. The van der Waals surface area contributed by atoms with E-state index < -0.39 is 0 Å². The third kappa shape index (κ3) is 3.60. The molecule has 0 aromatic carbocycles. The van der Waals surface area contributed by atoms with Crippen molar-refractivity contribution in [2.24, 2.45) is 11.8 Å². The van der Waals surface area contributed by atoms with Gasteiger partial charge in [0.2, 0.25) is 5.91 Å². The summed E-state index contributed by atoms with van der Waals surface area (Å²) in [5, 5.41) is 3.98. The standard InChI is InChI=1S/C11H20BrNO/c1-8(2)6-10(7-12)13-11(14)9-4-3-5-9/h8-10H,3-7H2,1-2H3,(H,13,14). The van der Waals surface area contributed by atoms with Crippen LogP contribution in [-0.4, -0.2) is 17.3 Å². The number of hydrogen-bond donors (Lipinski definition) is 1. The Kier molecular flexibility index (Phi) is 4.93. The van der Waals surface area contributed by atoms with Gasteiger partial charge in [0.1, 0.15) is 0 Å². The average molecular weight is 262 g/mol. The Bertz CT molecular complexity index is 190. The first-order valence-corrected chi connectivity index (χ1v) is 6.62. The zero-order valence-electron chi connectivity index (χ0n) is 9.05. The van der Waals surface area contributed by atoms with Gasteiger partial charge in [0.25, 0.3) is 0 Å². The number of carbonyl (C=O) groups is 1. The van der Waals surface area contributed by atoms with E-state index >= 15 is 0 Å². The minimum absolute atomic E-state index is 0.265. The average Bonchev–Trinajstić information content (AvgIpc) is 1.98. The van der Waals surface area contributed by atoms with Crippen LogP contribution in [0.5, 0.6) is 0 Å². The molecule has 0 aromatic heterocycles. The normalized spacial score (nSPS) is 19.1. The SMILES string of the molecule is CC(C)CC(CBr)NC(=O)C1CCC1. The van der Waals surface area contributed by atoms with E-state index in [1.807, 2.05) is 0 Å². The topological polar surface area (TPSA) is 29.1 Å². The molecular weight excluding hydrogens is 242 g/mol. The van der Waals surface area contributed by atoms with Crippen LogP contribution in [0.25, 0.3) is 0 Å². The number of carbonyl (C=O) groups excluding carboxylic acids is 1. The van der Waals surface area contributed by atoms with Crippen LogP contribution in [0.15, 0.2) is 0 Å². The molecule has 1 N–H and O–H groups in total. The van der Waals surface area contributed by atoms with E-state index in [9.17, 15) is 4.79 Å². The lowest BCUT2D eigenvalue weighted by Crippen LogP contribution is -2.42. The molecule has 0 bridgehead atoms. The summed E-state index contributed by atoms with van der Waals surface area (Å²) >= 11 is 3.45. The van der Waals surface area contributed by atoms with Crippen molar-refractivity contribution in [2.45, 2.75) is 45.6 Å². The smallest absolute Gasteiger partial charge is 0.223 e. The summed E-state index contributed by atoms with van der Waals surface area (Å²) in [6.45, 7) is 4.37. The third-order valence-electron chi connectivity index (χ3n) is 2.76. The molecule has 0 spiro atoms. The van der Waals surface area contributed by atoms with Gasteiger partial charge in [-0.3, -0.25) is 4.79 Å². The summed E-state index contributed by atoms with van der Waals surface area (Å²) < 4.78 is 0. The van der Waals surface area contributed by atoms with Gasteiger partial charge in [0.15, 0.2) is 0 Å². The number of amides is 1. The second-order valence-corrected chi connectivity index (χ2v) is 5.26. The van der Waals surface area contributed by atoms with Crippen molar-refractivity contribution in [3.8, 4) is 0 Å². The summed E-state index contributed by atoms with van der Waals surface area (Å²) in [5.41, 5.74) is 0. The number of nitrogens with one attached hydrogen (secondary N) is 1. The second kappa shape index (κ2) is 5.74. The minimum atomic E-state index is 0.265. The lowest BCUT2D eigenvalue weighted by atomic mass is 9.84. The number of rotatable bonds is 5. The first kappa shape index (κ1) is 12.0. The zero-order chi connectivity index (χ0) is 10.6. The summed E-state index contributed by atoms with van der Waals surface area (Å²) in [6.07, 6.45) is 4.45. The van der Waals surface area contributed by atoms with Crippen molar-refractivity contribution >= 4 is 21.8 Å². The summed E-state index contributed by atoms with van der Waals surface area (Å²) in [4.78, 5) is 11.6. The van der Waals surface area contributed by atoms with Crippen LogP contribution in [0, 0.1) is 11.8 Å². The minimum Gasteiger partial charge on any atom is -0.352 e. The van der Waals surface area contributed by atoms with Crippen molar-refractivity contribution in [3.63, 3.8) is 0 Å². The van der Waals surface area contributed by atoms with Gasteiger partial charge in [-0.1, -0.05) is 36.2 Å². The molecule has 82 valence electrons. The molecule has 1 rings (SSSR count). The van der Waals surface area contributed by atoms with Gasteiger partial charge in [0, 0.05) is 17.3 Å². The second-order valence-electron chi connectivity index (χ2n) is 4.62. The fourth-order valence-electron chi connectivity index (χ4n) is 1.72. The Morgan fingerprint density at radius 1 is 1.50 bits per heavy atom. The fourth-order valence-corrected chi connectivity index (χ4v) is 2.15. The molecule has 1 unspecified atom stereocenters. The van der Waals surface area contributed by atoms with Gasteiger partial charge in [0.05, 0.1) is 0 Å². The maximum Gasteiger partial charge on any atom is 0.223 e. The van der Waals surface area contributed by atoms with Gasteiger partial charge in [-0.25, -0.2) is 0 Å². The molecular formula is C11H20BrNO. The molecule has 1 aliphatic rings. The summed E-state index contributed by atoms with van der Waals surface area (Å²) in [5.74, 6) is 1.21. The molecule has 0 aliphatic heterocycles. The highest BCUT2D eigenvalue weighted by molar-refractivity contribution is 9.09. The van der Waals surface area contributed by atoms with E-state index in [0.717, 1.165) is 24.6 Å². The Morgan fingerprint density at radius 2 is 2.14 bits per heavy atom. The maximum absolute atomic E-state index is 11.6. The predicted octanol–water partition coefficient (Wildman–Crippen LogP) is 2.71. The molecule has 1 aliphatic carbocycles. The third-order valence-corrected chi connectivity index (χ3v) is 3.55. The monoisotopic (exact) mass is 261 g/mol. The molecule has 0 heterocycles. The van der Waals surface area contributed by atoms with Crippen LogP contribution in [0.3, 0.4) is 0 Å². The van der Waals surface area contributed by atoms with Gasteiger partial charge in [-0.2, -0.15) is 0 Å². The van der Waals surface area contributed by atoms with Gasteiger partial charge in [-0.15, -0.1) is 0 Å². The molecule has 14 heavy (non-hydrogen) atoms. The van der Waals surface area contributed by atoms with Gasteiger partial charge in [-0.05, 0) is 25.2 Å². The molecule has 1 fully saturated rings. The van der Waals surface area contributed by atoms with Crippen LogP contribution >= 0.6 is 15.9 Å². The van der Waals surface area contributed by atoms with Crippen LogP contribution in [0.4, 0.5) is 0 Å². The highest BCUT2D eigenvalue weighted by Crippen LogP contribution is 2.26. The molecule has 3 heteroatoms. The van der Waals surface area contributed by atoms with Crippen LogP contribution in [0.1, 0.15) is 39.5 Å². The van der Waals surface area contributed by atoms with Crippen molar-refractivity contribution in [3.05, 3.63) is 0 Å². The molecule has 0 aromatic rings. The first-order valence-electron chi connectivity index (χ1n) is 5.49. The fraction of sp³-hybridized carbons (Fsp3) is 0.909. The summed E-state index contributed by atoms with van der Waals surface area (Å²) in [7, 11) is 0. The molecule has 1 atom stereocenters. The maximum atomic E-state index is 11.6. The Balaban J connectivity index is 2.27. The van der Waals surface area contributed by atoms with E-state index in [1.165, 1.54) is 6.42 Å². The quantitative estimate of drug-likeness (QED) is 0.758. The molecule has 1 amide bonds. The van der Waals surface area contributed by atoms with E-state index in [2.05, 4.69) is 35.1 Å². The van der Waals surface area contributed by atoms with Gasteiger partial charge < -0.3 is 5.32 Å². The van der Waals surface area contributed by atoms with Gasteiger partial charge >= 0.3 is 0 Å². The summed E-state index contributed by atoms with van der Waals surface area (Å²) in [6, 6.07) is 0.308. The van der Waals surface area contributed by atoms with E-state index in [0.29, 0.717) is 17.9 Å². The molecule has 0 saturated heterocycles. The number of alkyl halides is 1. The highest BCUT2D eigenvalue weighted by Gasteiger charge is 2.26. The Labute approximate surface area is 95.0 Å². The number of hydrogen-bond acceptors (Lipinski definition) is 1. The van der Waals surface area contributed by atoms with E-state index in [-0.39, 0.29) is 5.91 Å². The lowest BCUT2D eigenvalue weighted by molar-refractivity contribution is -0.128. The first-order chi connectivity index (χ1) is 6.63.